The van der Waals surface area contributed by atoms with E-state index in [9.17, 15) is 13.2 Å². The highest BCUT2D eigenvalue weighted by Crippen LogP contribution is 2.43. The zero-order valence-electron chi connectivity index (χ0n) is 14.5. The third kappa shape index (κ3) is 3.55. The van der Waals surface area contributed by atoms with E-state index in [0.717, 1.165) is 12.1 Å². The first-order valence-electron chi connectivity index (χ1n) is 8.28. The fraction of sp³-hybridized carbons (Fsp3) is 0.529. The summed E-state index contributed by atoms with van der Waals surface area (Å²) >= 11 is 1.38. The van der Waals surface area contributed by atoms with Crippen LogP contribution in [0.1, 0.15) is 20.3 Å². The van der Waals surface area contributed by atoms with E-state index in [-0.39, 0.29) is 34.6 Å². The summed E-state index contributed by atoms with van der Waals surface area (Å²) in [5, 5.41) is 0.457. The largest absolute Gasteiger partial charge is 0.495 e. The molecule has 0 N–H and O–H groups in total. The highest BCUT2D eigenvalue weighted by molar-refractivity contribution is 8.16. The average molecular weight is 383 g/mol. The highest BCUT2D eigenvalue weighted by atomic mass is 32.2. The van der Waals surface area contributed by atoms with E-state index >= 15 is 0 Å². The minimum absolute atomic E-state index is 0.0687. The van der Waals surface area contributed by atoms with Crippen molar-refractivity contribution in [2.75, 3.05) is 23.5 Å². The molecule has 0 spiro atoms. The van der Waals surface area contributed by atoms with Gasteiger partial charge in [0.05, 0.1) is 30.3 Å². The first-order valence-corrected chi connectivity index (χ1v) is 11.0. The number of carbonyl (C=O) groups excluding carboxylic acids is 1. The molecule has 1 aromatic carbocycles. The van der Waals surface area contributed by atoms with Gasteiger partial charge in [0, 0.05) is 11.2 Å². The number of anilines is 1. The average Bonchev–Trinajstić information content (AvgIpc) is 3.04. The van der Waals surface area contributed by atoms with Crippen LogP contribution in [-0.4, -0.2) is 49.4 Å². The summed E-state index contributed by atoms with van der Waals surface area (Å²) in [5.74, 6) is 0.491. The molecule has 3 rings (SSSR count). The number of amides is 1. The van der Waals surface area contributed by atoms with Crippen LogP contribution in [0.4, 0.5) is 5.69 Å². The number of nitrogens with zero attached hydrogens (tertiary/aromatic N) is 2. The van der Waals surface area contributed by atoms with E-state index in [1.807, 2.05) is 43.0 Å². The number of amidine groups is 1. The Bertz CT molecular complexity index is 807. The Labute approximate surface area is 152 Å². The summed E-state index contributed by atoms with van der Waals surface area (Å²) in [6, 6.07) is 7.19. The second-order valence-electron chi connectivity index (χ2n) is 6.38. The SMILES string of the molecule is CC[C@H](C)C(=O)N=C1S[C@@H]2CS(=O)(=O)C[C@H]2N1c1ccccc1OC. The number of thioether (sulfide) groups is 1. The molecule has 0 radical (unpaired) electrons. The Morgan fingerprint density at radius 3 is 2.80 bits per heavy atom. The van der Waals surface area contributed by atoms with Crippen LogP contribution in [0.3, 0.4) is 0 Å². The van der Waals surface area contributed by atoms with Crippen LogP contribution >= 0.6 is 11.8 Å². The first kappa shape index (κ1) is 18.3. The quantitative estimate of drug-likeness (QED) is 0.796. The molecule has 2 fully saturated rings. The van der Waals surface area contributed by atoms with Crippen LogP contribution in [-0.2, 0) is 14.6 Å². The van der Waals surface area contributed by atoms with Crippen molar-refractivity contribution in [2.45, 2.75) is 31.6 Å². The van der Waals surface area contributed by atoms with Gasteiger partial charge in [-0.2, -0.15) is 4.99 Å². The van der Waals surface area contributed by atoms with Crippen molar-refractivity contribution in [3.05, 3.63) is 24.3 Å². The van der Waals surface area contributed by atoms with Gasteiger partial charge in [0.1, 0.15) is 5.75 Å². The van der Waals surface area contributed by atoms with E-state index in [0.29, 0.717) is 10.9 Å². The smallest absolute Gasteiger partial charge is 0.250 e. The number of benzene rings is 1. The monoisotopic (exact) mass is 382 g/mol. The van der Waals surface area contributed by atoms with Crippen molar-refractivity contribution in [3.8, 4) is 5.75 Å². The molecule has 0 bridgehead atoms. The fourth-order valence-corrected chi connectivity index (χ4v) is 6.97. The number of rotatable bonds is 4. The van der Waals surface area contributed by atoms with Crippen LogP contribution in [0.2, 0.25) is 0 Å². The maximum atomic E-state index is 12.3. The van der Waals surface area contributed by atoms with E-state index in [2.05, 4.69) is 4.99 Å². The number of methoxy groups -OCH3 is 1. The molecule has 6 nitrogen and oxygen atoms in total. The lowest BCUT2D eigenvalue weighted by Crippen LogP contribution is -2.38. The number of fused-ring (bicyclic) bond motifs is 1. The Hall–Kier alpha value is -1.54. The second-order valence-corrected chi connectivity index (χ2v) is 9.74. The van der Waals surface area contributed by atoms with Gasteiger partial charge >= 0.3 is 0 Å². The van der Waals surface area contributed by atoms with E-state index in [1.165, 1.54) is 11.8 Å². The van der Waals surface area contributed by atoms with Crippen LogP contribution in [0.25, 0.3) is 0 Å². The summed E-state index contributed by atoms with van der Waals surface area (Å²) in [6.45, 7) is 3.80. The summed E-state index contributed by atoms with van der Waals surface area (Å²) in [7, 11) is -1.51. The van der Waals surface area contributed by atoms with Crippen LogP contribution < -0.4 is 9.64 Å². The zero-order valence-corrected chi connectivity index (χ0v) is 16.1. The Kier molecular flexibility index (Phi) is 5.11. The van der Waals surface area contributed by atoms with Gasteiger partial charge in [-0.3, -0.25) is 4.79 Å². The molecule has 2 aliphatic rings. The number of para-hydroxylation sites is 2. The van der Waals surface area contributed by atoms with E-state index in [1.54, 1.807) is 7.11 Å². The summed E-state index contributed by atoms with van der Waals surface area (Å²) in [6.07, 6.45) is 0.718. The zero-order chi connectivity index (χ0) is 18.2. The number of hydrogen-bond donors (Lipinski definition) is 0. The van der Waals surface area contributed by atoms with Gasteiger partial charge in [-0.05, 0) is 18.6 Å². The van der Waals surface area contributed by atoms with Crippen LogP contribution in [0.5, 0.6) is 5.75 Å². The van der Waals surface area contributed by atoms with Gasteiger partial charge in [0.15, 0.2) is 15.0 Å². The van der Waals surface area contributed by atoms with Crippen molar-refractivity contribution in [3.63, 3.8) is 0 Å². The standard InChI is InChI=1S/C17H22N2O4S2/c1-4-11(2)16(20)18-17-19(12-7-5-6-8-14(12)23-3)13-9-25(21,22)10-15(13)24-17/h5-8,11,13,15H,4,9-10H2,1-3H3/t11-,13+,15+/m0/s1. The molecule has 2 aliphatic heterocycles. The van der Waals surface area contributed by atoms with Gasteiger partial charge < -0.3 is 9.64 Å². The molecule has 0 aliphatic carbocycles. The third-order valence-electron chi connectivity index (χ3n) is 4.65. The molecular weight excluding hydrogens is 360 g/mol. The van der Waals surface area contributed by atoms with Crippen molar-refractivity contribution in [2.24, 2.45) is 10.9 Å². The number of ether oxygens (including phenoxy) is 1. The molecule has 25 heavy (non-hydrogen) atoms. The molecule has 8 heteroatoms. The van der Waals surface area contributed by atoms with Crippen molar-refractivity contribution >= 4 is 38.4 Å². The van der Waals surface area contributed by atoms with Gasteiger partial charge in [-0.25, -0.2) is 8.42 Å². The fourth-order valence-electron chi connectivity index (χ4n) is 3.05. The topological polar surface area (TPSA) is 76.0 Å². The Balaban J connectivity index is 2.04. The number of sulfone groups is 1. The van der Waals surface area contributed by atoms with Crippen molar-refractivity contribution in [1.29, 1.82) is 0 Å². The molecule has 136 valence electrons. The van der Waals surface area contributed by atoms with E-state index in [4.69, 9.17) is 4.74 Å². The number of hydrogen-bond acceptors (Lipinski definition) is 5. The lowest BCUT2D eigenvalue weighted by molar-refractivity contribution is -0.121. The molecule has 0 saturated carbocycles. The number of aliphatic imine (C=N–C) groups is 1. The molecule has 3 atom stereocenters. The molecule has 2 saturated heterocycles. The first-order chi connectivity index (χ1) is 11.9. The van der Waals surface area contributed by atoms with Crippen LogP contribution in [0.15, 0.2) is 29.3 Å². The second kappa shape index (κ2) is 6.99. The molecular formula is C17H22N2O4S2. The predicted octanol–water partition coefficient (Wildman–Crippen LogP) is 2.34. The lowest BCUT2D eigenvalue weighted by atomic mass is 10.1. The third-order valence-corrected chi connectivity index (χ3v) is 7.86. The summed E-state index contributed by atoms with van der Waals surface area (Å²) in [5.41, 5.74) is 0.748. The molecule has 1 aromatic rings. The molecule has 0 aromatic heterocycles. The summed E-state index contributed by atoms with van der Waals surface area (Å²) in [4.78, 5) is 18.5. The normalized spacial score (nSPS) is 27.3. The summed E-state index contributed by atoms with van der Waals surface area (Å²) < 4.78 is 29.6. The van der Waals surface area contributed by atoms with Crippen molar-refractivity contribution < 1.29 is 17.9 Å². The van der Waals surface area contributed by atoms with Crippen molar-refractivity contribution in [1.82, 2.24) is 0 Å². The van der Waals surface area contributed by atoms with Gasteiger partial charge in [0.2, 0.25) is 0 Å². The minimum atomic E-state index is -3.08. The maximum absolute atomic E-state index is 12.3. The maximum Gasteiger partial charge on any atom is 0.250 e. The molecule has 2 heterocycles. The molecule has 1 amide bonds. The lowest BCUT2D eigenvalue weighted by Gasteiger charge is -2.26. The van der Waals surface area contributed by atoms with Crippen LogP contribution in [0, 0.1) is 5.92 Å². The van der Waals surface area contributed by atoms with E-state index < -0.39 is 9.84 Å². The predicted molar refractivity (Wildman–Crippen MR) is 101 cm³/mol. The Morgan fingerprint density at radius 1 is 1.40 bits per heavy atom. The molecule has 0 unspecified atom stereocenters. The van der Waals surface area contributed by atoms with Gasteiger partial charge in [0.25, 0.3) is 5.91 Å². The minimum Gasteiger partial charge on any atom is -0.495 e. The van der Waals surface area contributed by atoms with Gasteiger partial charge in [-0.15, -0.1) is 0 Å². The highest BCUT2D eigenvalue weighted by Gasteiger charge is 2.50. The number of carbonyl (C=O) groups is 1. The van der Waals surface area contributed by atoms with Gasteiger partial charge in [-0.1, -0.05) is 37.7 Å². The Morgan fingerprint density at radius 2 is 2.12 bits per heavy atom.